The fourth-order valence-electron chi connectivity index (χ4n) is 3.56. The van der Waals surface area contributed by atoms with E-state index in [9.17, 15) is 0 Å². The van der Waals surface area contributed by atoms with Crippen molar-refractivity contribution in [1.82, 2.24) is 14.9 Å². The zero-order valence-corrected chi connectivity index (χ0v) is 13.0. The van der Waals surface area contributed by atoms with Crippen molar-refractivity contribution in [2.45, 2.75) is 38.1 Å². The third-order valence-corrected chi connectivity index (χ3v) is 5.27. The van der Waals surface area contributed by atoms with E-state index in [-0.39, 0.29) is 5.54 Å². The first-order valence-corrected chi connectivity index (χ1v) is 8.18. The predicted octanol–water partition coefficient (Wildman–Crippen LogP) is 1.51. The fourth-order valence-corrected chi connectivity index (χ4v) is 3.56. The average Bonchev–Trinajstić information content (AvgIpc) is 2.52. The lowest BCUT2D eigenvalue weighted by Crippen LogP contribution is -2.59. The molecule has 5 heteroatoms. The minimum absolute atomic E-state index is 0.161. The molecular weight excluding hydrogens is 262 g/mol. The number of piperazine rings is 1. The second-order valence-electron chi connectivity index (χ2n) is 6.73. The molecule has 2 fully saturated rings. The Hall–Kier alpha value is -1.20. The van der Waals surface area contributed by atoms with E-state index in [1.165, 1.54) is 25.7 Å². The van der Waals surface area contributed by atoms with Crippen LogP contribution in [0.3, 0.4) is 0 Å². The molecule has 1 aliphatic heterocycles. The van der Waals surface area contributed by atoms with Crippen LogP contribution < -0.4 is 10.6 Å². The van der Waals surface area contributed by atoms with Crippen LogP contribution in [0.15, 0.2) is 18.5 Å². The molecule has 1 unspecified atom stereocenters. The lowest BCUT2D eigenvalue weighted by molar-refractivity contribution is 0.0625. The van der Waals surface area contributed by atoms with Crippen LogP contribution in [0.25, 0.3) is 0 Å². The first kappa shape index (κ1) is 14.7. The molecule has 1 aliphatic carbocycles. The van der Waals surface area contributed by atoms with E-state index in [4.69, 9.17) is 5.73 Å². The third-order valence-electron chi connectivity index (χ3n) is 5.27. The monoisotopic (exact) mass is 289 g/mol. The van der Waals surface area contributed by atoms with E-state index in [1.54, 1.807) is 0 Å². The number of aromatic nitrogens is 2. The molecule has 1 aromatic rings. The molecule has 0 amide bonds. The van der Waals surface area contributed by atoms with Crippen molar-refractivity contribution < 1.29 is 0 Å². The summed E-state index contributed by atoms with van der Waals surface area (Å²) in [4.78, 5) is 13.6. The minimum atomic E-state index is 0.161. The van der Waals surface area contributed by atoms with Gasteiger partial charge in [0, 0.05) is 50.7 Å². The maximum atomic E-state index is 6.13. The Morgan fingerprint density at radius 3 is 2.38 bits per heavy atom. The van der Waals surface area contributed by atoms with Gasteiger partial charge >= 0.3 is 0 Å². The molecule has 0 spiro atoms. The van der Waals surface area contributed by atoms with Gasteiger partial charge in [-0.15, -0.1) is 0 Å². The lowest BCUT2D eigenvalue weighted by Gasteiger charge is -2.48. The number of rotatable bonds is 5. The van der Waals surface area contributed by atoms with Gasteiger partial charge in [0.2, 0.25) is 5.95 Å². The van der Waals surface area contributed by atoms with Crippen molar-refractivity contribution >= 4 is 5.95 Å². The van der Waals surface area contributed by atoms with Crippen molar-refractivity contribution in [2.24, 2.45) is 11.7 Å². The largest absolute Gasteiger partial charge is 0.338 e. The van der Waals surface area contributed by atoms with Crippen LogP contribution in [-0.4, -0.2) is 53.1 Å². The Morgan fingerprint density at radius 2 is 1.86 bits per heavy atom. The summed E-state index contributed by atoms with van der Waals surface area (Å²) >= 11 is 0. The van der Waals surface area contributed by atoms with E-state index < -0.39 is 0 Å². The van der Waals surface area contributed by atoms with E-state index in [0.29, 0.717) is 0 Å². The smallest absolute Gasteiger partial charge is 0.225 e. The van der Waals surface area contributed by atoms with Crippen molar-refractivity contribution in [3.05, 3.63) is 18.5 Å². The molecule has 1 atom stereocenters. The maximum absolute atomic E-state index is 6.13. The van der Waals surface area contributed by atoms with Gasteiger partial charge in [-0.3, -0.25) is 4.90 Å². The van der Waals surface area contributed by atoms with Gasteiger partial charge in [0.1, 0.15) is 0 Å². The molecule has 1 saturated carbocycles. The number of nitrogens with two attached hydrogens (primary N) is 1. The van der Waals surface area contributed by atoms with E-state index in [0.717, 1.165) is 44.6 Å². The Balaban J connectivity index is 1.58. The molecule has 21 heavy (non-hydrogen) atoms. The zero-order valence-electron chi connectivity index (χ0n) is 13.0. The highest BCUT2D eigenvalue weighted by molar-refractivity contribution is 5.29. The van der Waals surface area contributed by atoms with Crippen LogP contribution in [0.1, 0.15) is 32.6 Å². The Labute approximate surface area is 127 Å². The highest BCUT2D eigenvalue weighted by Crippen LogP contribution is 2.36. The third kappa shape index (κ3) is 3.19. The molecule has 5 nitrogen and oxygen atoms in total. The van der Waals surface area contributed by atoms with Crippen molar-refractivity contribution in [3.8, 4) is 0 Å². The van der Waals surface area contributed by atoms with Crippen molar-refractivity contribution in [3.63, 3.8) is 0 Å². The summed E-state index contributed by atoms with van der Waals surface area (Å²) in [5.41, 5.74) is 6.29. The van der Waals surface area contributed by atoms with Crippen LogP contribution in [-0.2, 0) is 0 Å². The van der Waals surface area contributed by atoms with Crippen LogP contribution in [0.4, 0.5) is 5.95 Å². The molecule has 0 bridgehead atoms. The summed E-state index contributed by atoms with van der Waals surface area (Å²) in [5, 5.41) is 0. The molecule has 0 radical (unpaired) electrons. The van der Waals surface area contributed by atoms with Crippen LogP contribution in [0.5, 0.6) is 0 Å². The van der Waals surface area contributed by atoms with Crippen molar-refractivity contribution in [1.29, 1.82) is 0 Å². The highest BCUT2D eigenvalue weighted by atomic mass is 15.3. The topological polar surface area (TPSA) is 58.3 Å². The number of anilines is 1. The lowest BCUT2D eigenvalue weighted by atomic mass is 9.75. The van der Waals surface area contributed by atoms with Gasteiger partial charge in [-0.25, -0.2) is 9.97 Å². The van der Waals surface area contributed by atoms with E-state index in [2.05, 4.69) is 26.7 Å². The zero-order chi connectivity index (χ0) is 14.7. The molecule has 2 heterocycles. The summed E-state index contributed by atoms with van der Waals surface area (Å²) in [6.45, 7) is 7.19. The molecular formula is C16H27N5. The molecule has 0 aromatic carbocycles. The van der Waals surface area contributed by atoms with Gasteiger partial charge in [-0.2, -0.15) is 0 Å². The summed E-state index contributed by atoms with van der Waals surface area (Å²) in [6, 6.07) is 1.86. The van der Waals surface area contributed by atoms with E-state index >= 15 is 0 Å². The number of hydrogen-bond donors (Lipinski definition) is 1. The van der Waals surface area contributed by atoms with Crippen molar-refractivity contribution in [2.75, 3.05) is 37.6 Å². The summed E-state index contributed by atoms with van der Waals surface area (Å²) in [7, 11) is 0. The molecule has 1 saturated heterocycles. The first-order valence-electron chi connectivity index (χ1n) is 8.18. The Kier molecular flexibility index (Phi) is 4.40. The van der Waals surface area contributed by atoms with Gasteiger partial charge < -0.3 is 10.6 Å². The summed E-state index contributed by atoms with van der Waals surface area (Å²) in [5.74, 6) is 1.75. The van der Waals surface area contributed by atoms with E-state index in [1.807, 2.05) is 18.5 Å². The maximum Gasteiger partial charge on any atom is 0.225 e. The SMILES string of the molecule is CC(CN)(CC1CCC1)N1CCN(c2ncccn2)CC1. The van der Waals surface area contributed by atoms with Crippen LogP contribution >= 0.6 is 0 Å². The molecule has 3 rings (SSSR count). The fraction of sp³-hybridized carbons (Fsp3) is 0.750. The number of nitrogens with zero attached hydrogens (tertiary/aromatic N) is 4. The Bertz CT molecular complexity index is 439. The number of hydrogen-bond acceptors (Lipinski definition) is 5. The molecule has 2 N–H and O–H groups in total. The first-order chi connectivity index (χ1) is 10.2. The quantitative estimate of drug-likeness (QED) is 0.890. The normalized spacial score (nSPS) is 23.6. The standard InChI is InChI=1S/C16H27N5/c1-16(13-17,12-14-4-2-5-14)21-10-8-20(9-11-21)15-18-6-3-7-19-15/h3,6-7,14H,2,4-5,8-13,17H2,1H3. The van der Waals surface area contributed by atoms with Gasteiger partial charge in [-0.05, 0) is 25.3 Å². The Morgan fingerprint density at radius 1 is 1.19 bits per heavy atom. The second kappa shape index (κ2) is 6.28. The molecule has 116 valence electrons. The summed E-state index contributed by atoms with van der Waals surface area (Å²) in [6.07, 6.45) is 9.08. The van der Waals surface area contributed by atoms with Gasteiger partial charge in [0.25, 0.3) is 0 Å². The van der Waals surface area contributed by atoms with Gasteiger partial charge in [0.05, 0.1) is 0 Å². The highest BCUT2D eigenvalue weighted by Gasteiger charge is 2.36. The van der Waals surface area contributed by atoms with Crippen LogP contribution in [0, 0.1) is 5.92 Å². The van der Waals surface area contributed by atoms with Gasteiger partial charge in [-0.1, -0.05) is 19.3 Å². The van der Waals surface area contributed by atoms with Gasteiger partial charge in [0.15, 0.2) is 0 Å². The van der Waals surface area contributed by atoms with Crippen LogP contribution in [0.2, 0.25) is 0 Å². The molecule has 1 aromatic heterocycles. The average molecular weight is 289 g/mol. The summed E-state index contributed by atoms with van der Waals surface area (Å²) < 4.78 is 0. The second-order valence-corrected chi connectivity index (χ2v) is 6.73. The predicted molar refractivity (Wildman–Crippen MR) is 85.2 cm³/mol. The molecule has 2 aliphatic rings. The minimum Gasteiger partial charge on any atom is -0.338 e.